The number of aromatic nitrogens is 4. The van der Waals surface area contributed by atoms with Crippen LogP contribution in [0.2, 0.25) is 0 Å². The van der Waals surface area contributed by atoms with Gasteiger partial charge in [-0.25, -0.2) is 4.68 Å². The molecule has 2 rings (SSSR count). The molecule has 1 N–H and O–H groups in total. The summed E-state index contributed by atoms with van der Waals surface area (Å²) in [5, 5.41) is 15.8. The monoisotopic (exact) mass is 265 g/mol. The molecule has 1 atom stereocenters. The van der Waals surface area contributed by atoms with Crippen LogP contribution < -0.4 is 5.32 Å². The first-order valence-corrected chi connectivity index (χ1v) is 7.31. The van der Waals surface area contributed by atoms with E-state index in [9.17, 15) is 0 Å². The third-order valence-electron chi connectivity index (χ3n) is 4.08. The zero-order valence-electron chi connectivity index (χ0n) is 12.9. The summed E-state index contributed by atoms with van der Waals surface area (Å²) >= 11 is 0. The summed E-state index contributed by atoms with van der Waals surface area (Å²) in [6.45, 7) is 11.9. The van der Waals surface area contributed by atoms with Crippen molar-refractivity contribution in [2.45, 2.75) is 78.4 Å². The number of nitrogens with zero attached hydrogens (tertiary/aromatic N) is 4. The van der Waals surface area contributed by atoms with Crippen LogP contribution in [0.15, 0.2) is 0 Å². The molecule has 1 aromatic rings. The third kappa shape index (κ3) is 3.53. The summed E-state index contributed by atoms with van der Waals surface area (Å²) in [5.74, 6) is 0.954. The molecule has 1 aliphatic carbocycles. The molecular weight excluding hydrogens is 238 g/mol. The van der Waals surface area contributed by atoms with Crippen LogP contribution in [0.25, 0.3) is 0 Å². The number of hydrogen-bond donors (Lipinski definition) is 1. The summed E-state index contributed by atoms with van der Waals surface area (Å²) in [5.41, 5.74) is 0.364. The van der Waals surface area contributed by atoms with Gasteiger partial charge in [-0.3, -0.25) is 0 Å². The number of nitrogens with one attached hydrogen (secondary N) is 1. The van der Waals surface area contributed by atoms with Gasteiger partial charge in [0.1, 0.15) is 0 Å². The molecule has 19 heavy (non-hydrogen) atoms. The molecule has 5 nitrogen and oxygen atoms in total. The molecule has 1 saturated carbocycles. The molecular formula is C14H27N5. The molecule has 0 aromatic carbocycles. The van der Waals surface area contributed by atoms with E-state index in [1.165, 1.54) is 25.7 Å². The molecule has 0 spiro atoms. The van der Waals surface area contributed by atoms with Gasteiger partial charge in [-0.05, 0) is 49.5 Å². The van der Waals surface area contributed by atoms with E-state index in [-0.39, 0.29) is 11.0 Å². The Hall–Kier alpha value is -0.970. The highest BCUT2D eigenvalue weighted by molar-refractivity contribution is 4.93. The Bertz CT molecular complexity index is 416. The smallest absolute Gasteiger partial charge is 0.165 e. The quantitative estimate of drug-likeness (QED) is 0.913. The van der Waals surface area contributed by atoms with Gasteiger partial charge >= 0.3 is 0 Å². The van der Waals surface area contributed by atoms with Crippen molar-refractivity contribution in [2.24, 2.45) is 5.41 Å². The van der Waals surface area contributed by atoms with Crippen LogP contribution in [0.1, 0.15) is 72.2 Å². The third-order valence-corrected chi connectivity index (χ3v) is 4.08. The van der Waals surface area contributed by atoms with Crippen molar-refractivity contribution < 1.29 is 0 Å². The Labute approximate surface area is 116 Å². The van der Waals surface area contributed by atoms with Crippen LogP contribution in [0, 0.1) is 5.41 Å². The number of tetrazole rings is 1. The van der Waals surface area contributed by atoms with Crippen LogP contribution in [-0.2, 0) is 6.54 Å². The Morgan fingerprint density at radius 3 is 2.68 bits per heavy atom. The summed E-state index contributed by atoms with van der Waals surface area (Å²) in [4.78, 5) is 0. The molecule has 0 saturated heterocycles. The average Bonchev–Trinajstić information content (AvgIpc) is 2.72. The second-order valence-corrected chi connectivity index (χ2v) is 7.39. The van der Waals surface area contributed by atoms with Gasteiger partial charge in [0.15, 0.2) is 5.82 Å². The zero-order valence-corrected chi connectivity index (χ0v) is 12.9. The minimum Gasteiger partial charge on any atom is -0.305 e. The van der Waals surface area contributed by atoms with E-state index in [0.29, 0.717) is 6.04 Å². The topological polar surface area (TPSA) is 55.6 Å². The van der Waals surface area contributed by atoms with Gasteiger partial charge in [0, 0.05) is 5.54 Å². The molecule has 0 radical (unpaired) electrons. The number of rotatable bonds is 3. The van der Waals surface area contributed by atoms with Gasteiger partial charge in [-0.2, -0.15) is 0 Å². The average molecular weight is 265 g/mol. The fourth-order valence-corrected chi connectivity index (χ4v) is 2.84. The van der Waals surface area contributed by atoms with Gasteiger partial charge in [0.2, 0.25) is 0 Å². The second kappa shape index (κ2) is 5.19. The van der Waals surface area contributed by atoms with Crippen molar-refractivity contribution in [3.8, 4) is 0 Å². The lowest BCUT2D eigenvalue weighted by Crippen LogP contribution is -2.38. The minimum atomic E-state index is 0.0822. The second-order valence-electron chi connectivity index (χ2n) is 7.39. The molecule has 1 fully saturated rings. The maximum absolute atomic E-state index is 4.25. The van der Waals surface area contributed by atoms with Crippen LogP contribution in [-0.4, -0.2) is 25.7 Å². The Balaban J connectivity index is 2.14. The summed E-state index contributed by atoms with van der Waals surface area (Å²) in [7, 11) is 0. The van der Waals surface area contributed by atoms with Crippen molar-refractivity contribution in [1.82, 2.24) is 25.5 Å². The minimum absolute atomic E-state index is 0.0822. The summed E-state index contributed by atoms with van der Waals surface area (Å²) < 4.78 is 2.05. The normalized spacial score (nSPS) is 23.5. The molecule has 1 unspecified atom stereocenters. The largest absolute Gasteiger partial charge is 0.305 e. The van der Waals surface area contributed by atoms with Gasteiger partial charge < -0.3 is 5.32 Å². The van der Waals surface area contributed by atoms with E-state index >= 15 is 0 Å². The van der Waals surface area contributed by atoms with E-state index in [4.69, 9.17) is 0 Å². The van der Waals surface area contributed by atoms with Crippen molar-refractivity contribution in [2.75, 3.05) is 0 Å². The number of hydrogen-bond acceptors (Lipinski definition) is 4. The van der Waals surface area contributed by atoms with Crippen molar-refractivity contribution in [1.29, 1.82) is 0 Å². The van der Waals surface area contributed by atoms with Gasteiger partial charge in [-0.1, -0.05) is 26.7 Å². The van der Waals surface area contributed by atoms with Crippen LogP contribution >= 0.6 is 0 Å². The van der Waals surface area contributed by atoms with E-state index in [1.54, 1.807) is 0 Å². The lowest BCUT2D eigenvalue weighted by molar-refractivity contribution is 0.127. The van der Waals surface area contributed by atoms with Gasteiger partial charge in [0.05, 0.1) is 12.6 Å². The highest BCUT2D eigenvalue weighted by atomic mass is 15.6. The van der Waals surface area contributed by atoms with Crippen molar-refractivity contribution in [3.63, 3.8) is 0 Å². The van der Waals surface area contributed by atoms with E-state index in [0.717, 1.165) is 12.4 Å². The van der Waals surface area contributed by atoms with Crippen LogP contribution in [0.5, 0.6) is 0 Å². The SMILES string of the molecule is CC(C)(C)NCc1nnnn1C1CCCCC1(C)C. The Morgan fingerprint density at radius 2 is 2.05 bits per heavy atom. The lowest BCUT2D eigenvalue weighted by Gasteiger charge is -2.38. The Morgan fingerprint density at radius 1 is 1.32 bits per heavy atom. The molecule has 1 aliphatic rings. The summed E-state index contributed by atoms with van der Waals surface area (Å²) in [6, 6.07) is 0.424. The Kier molecular flexibility index (Phi) is 3.95. The fraction of sp³-hybridized carbons (Fsp3) is 0.929. The fourth-order valence-electron chi connectivity index (χ4n) is 2.84. The standard InChI is InChI=1S/C14H27N5/c1-13(2,3)15-10-12-16-17-18-19(12)11-8-6-7-9-14(11,4)5/h11,15H,6-10H2,1-5H3. The lowest BCUT2D eigenvalue weighted by atomic mass is 9.73. The van der Waals surface area contributed by atoms with Gasteiger partial charge in [-0.15, -0.1) is 5.10 Å². The zero-order chi connectivity index (χ0) is 14.1. The predicted octanol–water partition coefficient (Wildman–Crippen LogP) is 2.70. The molecule has 0 bridgehead atoms. The van der Waals surface area contributed by atoms with E-state index in [1.807, 2.05) is 0 Å². The molecule has 0 amide bonds. The van der Waals surface area contributed by atoms with E-state index in [2.05, 4.69) is 60.1 Å². The molecule has 5 heteroatoms. The first-order chi connectivity index (χ1) is 8.80. The maximum Gasteiger partial charge on any atom is 0.165 e. The summed E-state index contributed by atoms with van der Waals surface area (Å²) in [6.07, 6.45) is 5.03. The van der Waals surface area contributed by atoms with Crippen molar-refractivity contribution in [3.05, 3.63) is 5.82 Å². The van der Waals surface area contributed by atoms with Crippen LogP contribution in [0.3, 0.4) is 0 Å². The predicted molar refractivity (Wildman–Crippen MR) is 75.7 cm³/mol. The maximum atomic E-state index is 4.25. The molecule has 108 valence electrons. The van der Waals surface area contributed by atoms with Gasteiger partial charge in [0.25, 0.3) is 0 Å². The van der Waals surface area contributed by atoms with Crippen LogP contribution in [0.4, 0.5) is 0 Å². The highest BCUT2D eigenvalue weighted by Crippen LogP contribution is 2.43. The van der Waals surface area contributed by atoms with Crippen molar-refractivity contribution >= 4 is 0 Å². The first-order valence-electron chi connectivity index (χ1n) is 7.31. The molecule has 1 heterocycles. The molecule has 0 aliphatic heterocycles. The first kappa shape index (κ1) is 14.4. The van der Waals surface area contributed by atoms with E-state index < -0.39 is 0 Å². The highest BCUT2D eigenvalue weighted by Gasteiger charge is 2.35. The molecule has 1 aromatic heterocycles.